The van der Waals surface area contributed by atoms with Crippen LogP contribution in [-0.4, -0.2) is 25.4 Å². The van der Waals surface area contributed by atoms with Gasteiger partial charge in [0, 0.05) is 17.6 Å². The van der Waals surface area contributed by atoms with Gasteiger partial charge in [0.2, 0.25) is 10.0 Å². The van der Waals surface area contributed by atoms with Crippen LogP contribution in [0.15, 0.2) is 53.6 Å². The van der Waals surface area contributed by atoms with Crippen LogP contribution in [0.3, 0.4) is 0 Å². The van der Waals surface area contributed by atoms with Crippen molar-refractivity contribution in [2.45, 2.75) is 23.8 Å². The van der Waals surface area contributed by atoms with E-state index in [0.29, 0.717) is 11.2 Å². The third kappa shape index (κ3) is 3.84. The molecule has 1 aliphatic carbocycles. The molecule has 0 radical (unpaired) electrons. The molecule has 0 spiro atoms. The van der Waals surface area contributed by atoms with Crippen molar-refractivity contribution in [1.82, 2.24) is 9.71 Å². The normalized spacial score (nSPS) is 14.2. The third-order valence-corrected chi connectivity index (χ3v) is 6.63. The molecule has 144 valence electrons. The lowest BCUT2D eigenvalue weighted by Crippen LogP contribution is -2.26. The molecule has 0 saturated heterocycles. The fraction of sp³-hybridized carbons (Fsp3) is 0.158. The molecule has 4 rings (SSSR count). The molecule has 0 aliphatic heterocycles. The smallest absolute Gasteiger partial charge is 0.257 e. The van der Waals surface area contributed by atoms with Gasteiger partial charge in [0.1, 0.15) is 4.90 Å². The summed E-state index contributed by atoms with van der Waals surface area (Å²) < 4.78 is 27.6. The van der Waals surface area contributed by atoms with Gasteiger partial charge in [-0.05, 0) is 37.1 Å². The molecule has 6 nitrogen and oxygen atoms in total. The van der Waals surface area contributed by atoms with Crippen molar-refractivity contribution in [2.24, 2.45) is 0 Å². The summed E-state index contributed by atoms with van der Waals surface area (Å²) in [5.74, 6) is -0.553. The number of hydrogen-bond donors (Lipinski definition) is 2. The molecule has 9 heteroatoms. The number of fused-ring (bicyclic) bond motifs is 1. The van der Waals surface area contributed by atoms with E-state index in [4.69, 9.17) is 23.2 Å². The maximum atomic E-state index is 12.8. The van der Waals surface area contributed by atoms with Crippen molar-refractivity contribution in [3.05, 3.63) is 64.3 Å². The van der Waals surface area contributed by atoms with Gasteiger partial charge >= 0.3 is 0 Å². The summed E-state index contributed by atoms with van der Waals surface area (Å²) in [6.45, 7) is 0. The standard InChI is InChI=1S/C19H15Cl2N3O3S/c20-14-10-15(21)17(28(26,27)24-12-6-7-12)9-13(14)19(25)23-16-5-1-3-11-4-2-8-22-18(11)16/h1-5,8-10,12,24H,6-7H2,(H,23,25). The molecule has 0 atom stereocenters. The summed E-state index contributed by atoms with van der Waals surface area (Å²) in [5, 5.41) is 3.63. The highest BCUT2D eigenvalue weighted by Crippen LogP contribution is 2.31. The second-order valence-electron chi connectivity index (χ2n) is 6.49. The number of rotatable bonds is 5. The molecule has 0 unspecified atom stereocenters. The average molecular weight is 436 g/mol. The molecule has 2 N–H and O–H groups in total. The van der Waals surface area contributed by atoms with Crippen molar-refractivity contribution in [3.8, 4) is 0 Å². The van der Waals surface area contributed by atoms with Crippen molar-refractivity contribution < 1.29 is 13.2 Å². The summed E-state index contributed by atoms with van der Waals surface area (Å²) in [7, 11) is -3.84. The van der Waals surface area contributed by atoms with Crippen LogP contribution >= 0.6 is 23.2 Å². The second kappa shape index (κ2) is 7.33. The first-order valence-electron chi connectivity index (χ1n) is 8.51. The monoisotopic (exact) mass is 435 g/mol. The second-order valence-corrected chi connectivity index (χ2v) is 8.99. The summed E-state index contributed by atoms with van der Waals surface area (Å²) in [6, 6.07) is 11.4. The Balaban J connectivity index is 1.70. The SMILES string of the molecule is O=C(Nc1cccc2cccnc12)c1cc(S(=O)(=O)NC2CC2)c(Cl)cc1Cl. The molecule has 1 aliphatic rings. The minimum Gasteiger partial charge on any atom is -0.320 e. The highest BCUT2D eigenvalue weighted by atomic mass is 35.5. The molecule has 0 bridgehead atoms. The Bertz CT molecular complexity index is 1190. The average Bonchev–Trinajstić information content (AvgIpc) is 3.45. The maximum Gasteiger partial charge on any atom is 0.257 e. The predicted octanol–water partition coefficient (Wildman–Crippen LogP) is 4.23. The van der Waals surface area contributed by atoms with Gasteiger partial charge in [0.25, 0.3) is 5.91 Å². The first-order valence-corrected chi connectivity index (χ1v) is 10.8. The van der Waals surface area contributed by atoms with Crippen LogP contribution in [0.4, 0.5) is 5.69 Å². The van der Waals surface area contributed by atoms with Gasteiger partial charge in [-0.3, -0.25) is 9.78 Å². The van der Waals surface area contributed by atoms with Crippen LogP contribution in [-0.2, 0) is 10.0 Å². The molecular weight excluding hydrogens is 421 g/mol. The van der Waals surface area contributed by atoms with Gasteiger partial charge in [-0.2, -0.15) is 0 Å². The Hall–Kier alpha value is -2.19. The number of amides is 1. The highest BCUT2D eigenvalue weighted by molar-refractivity contribution is 7.89. The molecule has 1 fully saturated rings. The molecule has 28 heavy (non-hydrogen) atoms. The summed E-state index contributed by atoms with van der Waals surface area (Å²) in [4.78, 5) is 16.9. The van der Waals surface area contributed by atoms with Gasteiger partial charge in [-0.15, -0.1) is 0 Å². The van der Waals surface area contributed by atoms with E-state index in [1.807, 2.05) is 12.1 Å². The van der Waals surface area contributed by atoms with Gasteiger partial charge in [-0.1, -0.05) is 41.4 Å². The summed E-state index contributed by atoms with van der Waals surface area (Å²) >= 11 is 12.3. The van der Waals surface area contributed by atoms with E-state index in [9.17, 15) is 13.2 Å². The molecule has 3 aromatic rings. The fourth-order valence-electron chi connectivity index (χ4n) is 2.79. The summed E-state index contributed by atoms with van der Waals surface area (Å²) in [5.41, 5.74) is 1.12. The summed E-state index contributed by atoms with van der Waals surface area (Å²) in [6.07, 6.45) is 3.19. The van der Waals surface area contributed by atoms with Gasteiger partial charge in [0.05, 0.1) is 26.8 Å². The van der Waals surface area contributed by atoms with Crippen LogP contribution < -0.4 is 10.0 Å². The number of aromatic nitrogens is 1. The Morgan fingerprint density at radius 2 is 1.82 bits per heavy atom. The molecule has 2 aromatic carbocycles. The number of benzene rings is 2. The van der Waals surface area contributed by atoms with Crippen LogP contribution in [0.25, 0.3) is 10.9 Å². The van der Waals surface area contributed by atoms with Crippen molar-refractivity contribution >= 4 is 55.7 Å². The fourth-order valence-corrected chi connectivity index (χ4v) is 4.95. The van der Waals surface area contributed by atoms with E-state index in [1.165, 1.54) is 12.1 Å². The van der Waals surface area contributed by atoms with E-state index in [1.54, 1.807) is 24.4 Å². The van der Waals surface area contributed by atoms with E-state index >= 15 is 0 Å². The first kappa shape index (κ1) is 19.1. The molecule has 1 amide bonds. The highest BCUT2D eigenvalue weighted by Gasteiger charge is 2.30. The number of carbonyl (C=O) groups excluding carboxylic acids is 1. The zero-order valence-electron chi connectivity index (χ0n) is 14.4. The Morgan fingerprint density at radius 3 is 2.57 bits per heavy atom. The Kier molecular flexibility index (Phi) is 5.01. The number of sulfonamides is 1. The quantitative estimate of drug-likeness (QED) is 0.627. The predicted molar refractivity (Wildman–Crippen MR) is 110 cm³/mol. The van der Waals surface area contributed by atoms with E-state index in [0.717, 1.165) is 18.2 Å². The van der Waals surface area contributed by atoms with Gasteiger partial charge in [-0.25, -0.2) is 13.1 Å². The van der Waals surface area contributed by atoms with Crippen LogP contribution in [0.1, 0.15) is 23.2 Å². The van der Waals surface area contributed by atoms with Crippen molar-refractivity contribution in [1.29, 1.82) is 0 Å². The van der Waals surface area contributed by atoms with E-state index < -0.39 is 15.9 Å². The molecule has 1 saturated carbocycles. The third-order valence-electron chi connectivity index (χ3n) is 4.34. The van der Waals surface area contributed by atoms with Crippen molar-refractivity contribution in [2.75, 3.05) is 5.32 Å². The van der Waals surface area contributed by atoms with Crippen molar-refractivity contribution in [3.63, 3.8) is 0 Å². The zero-order valence-corrected chi connectivity index (χ0v) is 16.8. The van der Waals surface area contributed by atoms with Gasteiger partial charge in [0.15, 0.2) is 0 Å². The Morgan fingerprint density at radius 1 is 1.07 bits per heavy atom. The number of hydrogen-bond acceptors (Lipinski definition) is 4. The lowest BCUT2D eigenvalue weighted by atomic mass is 10.1. The van der Waals surface area contributed by atoms with Crippen LogP contribution in [0.2, 0.25) is 10.0 Å². The molecule has 1 aromatic heterocycles. The Labute approximate surface area is 171 Å². The number of nitrogens with zero attached hydrogens (tertiary/aromatic N) is 1. The van der Waals surface area contributed by atoms with E-state index in [-0.39, 0.29) is 26.5 Å². The van der Waals surface area contributed by atoms with Gasteiger partial charge < -0.3 is 5.32 Å². The number of carbonyl (C=O) groups is 1. The largest absolute Gasteiger partial charge is 0.320 e. The number of anilines is 1. The topological polar surface area (TPSA) is 88.2 Å². The lowest BCUT2D eigenvalue weighted by molar-refractivity contribution is 0.102. The lowest BCUT2D eigenvalue weighted by Gasteiger charge is -2.12. The number of halogens is 2. The number of para-hydroxylation sites is 1. The molecule has 1 heterocycles. The van der Waals surface area contributed by atoms with Crippen LogP contribution in [0, 0.1) is 0 Å². The first-order chi connectivity index (χ1) is 13.3. The number of nitrogens with one attached hydrogen (secondary N) is 2. The minimum absolute atomic E-state index is 0.00942. The minimum atomic E-state index is -3.84. The molecular formula is C19H15Cl2N3O3S. The zero-order chi connectivity index (χ0) is 19.9. The van der Waals surface area contributed by atoms with E-state index in [2.05, 4.69) is 15.0 Å². The maximum absolute atomic E-state index is 12.8. The van der Waals surface area contributed by atoms with Crippen LogP contribution in [0.5, 0.6) is 0 Å². The number of pyridine rings is 1.